The molecule has 1 fully saturated rings. The molecule has 0 saturated carbocycles. The first-order valence-electron chi connectivity index (χ1n) is 7.40. The van der Waals surface area contributed by atoms with Crippen LogP contribution in [0, 0.1) is 11.3 Å². The Kier molecular flexibility index (Phi) is 4.85. The highest BCUT2D eigenvalue weighted by Crippen LogP contribution is 2.36. The van der Waals surface area contributed by atoms with Crippen LogP contribution in [0.25, 0.3) is 0 Å². The number of thiazole rings is 1. The molecule has 3 nitrogen and oxygen atoms in total. The minimum Gasteiger partial charge on any atom is -0.348 e. The second-order valence-corrected chi connectivity index (χ2v) is 7.37. The third kappa shape index (κ3) is 3.93. The molecule has 0 aromatic carbocycles. The molecule has 0 unspecified atom stereocenters. The minimum atomic E-state index is 0.450. The van der Waals surface area contributed by atoms with Crippen LogP contribution >= 0.6 is 11.3 Å². The quantitative estimate of drug-likeness (QED) is 0.915. The topological polar surface area (TPSA) is 28.2 Å². The van der Waals surface area contributed by atoms with Gasteiger partial charge in [-0.1, -0.05) is 27.7 Å². The van der Waals surface area contributed by atoms with Gasteiger partial charge in [-0.25, -0.2) is 4.98 Å². The lowest BCUT2D eigenvalue weighted by molar-refractivity contribution is 0.199. The Morgan fingerprint density at radius 2 is 2.05 bits per heavy atom. The van der Waals surface area contributed by atoms with E-state index in [9.17, 15) is 0 Å². The summed E-state index contributed by atoms with van der Waals surface area (Å²) < 4.78 is 0. The molecule has 0 aliphatic carbocycles. The van der Waals surface area contributed by atoms with Crippen LogP contribution in [0.2, 0.25) is 0 Å². The van der Waals surface area contributed by atoms with Gasteiger partial charge in [-0.3, -0.25) is 0 Å². The fraction of sp³-hybridized carbons (Fsp3) is 0.800. The molecule has 0 bridgehead atoms. The number of nitrogens with one attached hydrogen (secondary N) is 1. The van der Waals surface area contributed by atoms with Crippen molar-refractivity contribution in [2.45, 2.75) is 47.1 Å². The van der Waals surface area contributed by atoms with Crippen molar-refractivity contribution in [3.8, 4) is 0 Å². The average Bonchev–Trinajstić information content (AvgIpc) is 2.84. The number of hydrogen-bond donors (Lipinski definition) is 1. The van der Waals surface area contributed by atoms with Crippen LogP contribution in [0.3, 0.4) is 0 Å². The van der Waals surface area contributed by atoms with Gasteiger partial charge in [0.25, 0.3) is 0 Å². The summed E-state index contributed by atoms with van der Waals surface area (Å²) in [4.78, 5) is 7.20. The molecule has 0 amide bonds. The summed E-state index contributed by atoms with van der Waals surface area (Å²) in [6.45, 7) is 13.5. The van der Waals surface area contributed by atoms with Crippen molar-refractivity contribution in [1.82, 2.24) is 10.3 Å². The zero-order chi connectivity index (χ0) is 13.9. The molecule has 1 saturated heterocycles. The molecule has 1 aliphatic rings. The molecule has 1 N–H and O–H groups in total. The number of anilines is 1. The van der Waals surface area contributed by atoms with Crippen LogP contribution in [0.15, 0.2) is 5.38 Å². The van der Waals surface area contributed by atoms with Gasteiger partial charge in [0.05, 0.1) is 5.69 Å². The third-order valence-electron chi connectivity index (χ3n) is 4.09. The monoisotopic (exact) mass is 281 g/mol. The van der Waals surface area contributed by atoms with E-state index >= 15 is 0 Å². The fourth-order valence-corrected chi connectivity index (χ4v) is 3.59. The molecule has 1 aromatic heterocycles. The summed E-state index contributed by atoms with van der Waals surface area (Å²) in [5.41, 5.74) is 1.63. The van der Waals surface area contributed by atoms with E-state index in [1.54, 1.807) is 11.3 Å². The highest BCUT2D eigenvalue weighted by molar-refractivity contribution is 7.13. The van der Waals surface area contributed by atoms with Crippen molar-refractivity contribution in [2.24, 2.45) is 11.3 Å². The van der Waals surface area contributed by atoms with Crippen LogP contribution in [-0.4, -0.2) is 24.6 Å². The lowest BCUT2D eigenvalue weighted by Gasteiger charge is -2.38. The molecule has 4 heteroatoms. The molecule has 19 heavy (non-hydrogen) atoms. The summed E-state index contributed by atoms with van der Waals surface area (Å²) >= 11 is 1.79. The van der Waals surface area contributed by atoms with E-state index in [1.165, 1.54) is 23.7 Å². The first-order chi connectivity index (χ1) is 9.00. The van der Waals surface area contributed by atoms with Crippen LogP contribution in [0.4, 0.5) is 5.13 Å². The van der Waals surface area contributed by atoms with E-state index in [0.717, 1.165) is 32.1 Å². The summed E-state index contributed by atoms with van der Waals surface area (Å²) in [6, 6.07) is 0. The highest BCUT2D eigenvalue weighted by atomic mass is 32.1. The van der Waals surface area contributed by atoms with Crippen LogP contribution < -0.4 is 10.2 Å². The number of aromatic nitrogens is 1. The summed E-state index contributed by atoms with van der Waals surface area (Å²) in [6.07, 6.45) is 2.59. The molecule has 0 radical (unpaired) electrons. The fourth-order valence-electron chi connectivity index (χ4n) is 2.71. The molecule has 2 heterocycles. The standard InChI is InChI=1S/C15H27N3S/c1-5-16-10-13-11-19-14(17-13)18-8-6-12(7-9-18)15(2,3)4/h11-12,16H,5-10H2,1-4H3. The van der Waals surface area contributed by atoms with Crippen molar-refractivity contribution in [3.05, 3.63) is 11.1 Å². The normalized spacial score (nSPS) is 18.0. The predicted octanol–water partition coefficient (Wildman–Crippen LogP) is 3.52. The minimum absolute atomic E-state index is 0.450. The first kappa shape index (κ1) is 14.8. The predicted molar refractivity (Wildman–Crippen MR) is 83.9 cm³/mol. The SMILES string of the molecule is CCNCc1csc(N2CCC(C(C)(C)C)CC2)n1. The number of nitrogens with zero attached hydrogens (tertiary/aromatic N) is 2. The van der Waals surface area contributed by atoms with Gasteiger partial charge in [0.2, 0.25) is 0 Å². The van der Waals surface area contributed by atoms with Gasteiger partial charge in [0, 0.05) is 25.0 Å². The lowest BCUT2D eigenvalue weighted by Crippen LogP contribution is -2.38. The molecular formula is C15H27N3S. The maximum atomic E-state index is 4.74. The Balaban J connectivity index is 1.89. The first-order valence-corrected chi connectivity index (χ1v) is 8.28. The molecule has 108 valence electrons. The number of rotatable bonds is 4. The lowest BCUT2D eigenvalue weighted by atomic mass is 9.75. The van der Waals surface area contributed by atoms with E-state index in [1.807, 2.05) is 0 Å². The highest BCUT2D eigenvalue weighted by Gasteiger charge is 2.29. The Hall–Kier alpha value is -0.610. The van der Waals surface area contributed by atoms with Gasteiger partial charge in [-0.15, -0.1) is 11.3 Å². The Bertz CT molecular complexity index is 386. The summed E-state index contributed by atoms with van der Waals surface area (Å²) in [5, 5.41) is 6.73. The van der Waals surface area contributed by atoms with Crippen LogP contribution in [0.1, 0.15) is 46.2 Å². The van der Waals surface area contributed by atoms with Crippen molar-refractivity contribution in [1.29, 1.82) is 0 Å². The second kappa shape index (κ2) is 6.23. The van der Waals surface area contributed by atoms with Crippen molar-refractivity contribution in [3.63, 3.8) is 0 Å². The molecule has 0 atom stereocenters. The van der Waals surface area contributed by atoms with E-state index in [0.29, 0.717) is 5.41 Å². The van der Waals surface area contributed by atoms with Crippen LogP contribution in [-0.2, 0) is 6.54 Å². The summed E-state index contributed by atoms with van der Waals surface area (Å²) in [5.74, 6) is 0.852. The molecule has 2 rings (SSSR count). The maximum absolute atomic E-state index is 4.74. The Labute approximate surface area is 121 Å². The van der Waals surface area contributed by atoms with Crippen molar-refractivity contribution >= 4 is 16.5 Å². The number of hydrogen-bond acceptors (Lipinski definition) is 4. The number of piperidine rings is 1. The molecule has 1 aliphatic heterocycles. The third-order valence-corrected chi connectivity index (χ3v) is 5.04. The summed E-state index contributed by atoms with van der Waals surface area (Å²) in [7, 11) is 0. The van der Waals surface area contributed by atoms with Gasteiger partial charge in [0.1, 0.15) is 0 Å². The molecular weight excluding hydrogens is 254 g/mol. The Morgan fingerprint density at radius 3 is 2.63 bits per heavy atom. The molecule has 1 aromatic rings. The zero-order valence-electron chi connectivity index (χ0n) is 12.7. The van der Waals surface area contributed by atoms with E-state index in [2.05, 4.69) is 43.3 Å². The smallest absolute Gasteiger partial charge is 0.185 e. The van der Waals surface area contributed by atoms with E-state index < -0.39 is 0 Å². The van der Waals surface area contributed by atoms with Crippen molar-refractivity contribution < 1.29 is 0 Å². The maximum Gasteiger partial charge on any atom is 0.185 e. The zero-order valence-corrected chi connectivity index (χ0v) is 13.5. The van der Waals surface area contributed by atoms with Crippen LogP contribution in [0.5, 0.6) is 0 Å². The van der Waals surface area contributed by atoms with Gasteiger partial charge < -0.3 is 10.2 Å². The molecule has 0 spiro atoms. The van der Waals surface area contributed by atoms with Gasteiger partial charge in [0.15, 0.2) is 5.13 Å². The van der Waals surface area contributed by atoms with E-state index in [4.69, 9.17) is 4.98 Å². The van der Waals surface area contributed by atoms with Crippen molar-refractivity contribution in [2.75, 3.05) is 24.5 Å². The average molecular weight is 281 g/mol. The van der Waals surface area contributed by atoms with Gasteiger partial charge in [-0.2, -0.15) is 0 Å². The van der Waals surface area contributed by atoms with Gasteiger partial charge in [-0.05, 0) is 30.7 Å². The van der Waals surface area contributed by atoms with Gasteiger partial charge >= 0.3 is 0 Å². The van der Waals surface area contributed by atoms with E-state index in [-0.39, 0.29) is 0 Å². The Morgan fingerprint density at radius 1 is 1.37 bits per heavy atom. The largest absolute Gasteiger partial charge is 0.348 e. The second-order valence-electron chi connectivity index (χ2n) is 6.53.